The van der Waals surface area contributed by atoms with Crippen molar-refractivity contribution in [2.75, 3.05) is 0 Å². The van der Waals surface area contributed by atoms with Gasteiger partial charge in [0.25, 0.3) is 0 Å². The van der Waals surface area contributed by atoms with E-state index >= 15 is 0 Å². The number of aromatic nitrogens is 3. The number of nitrogens with one attached hydrogen (secondary N) is 1. The number of nitrogens with zero attached hydrogens (tertiary/aromatic N) is 4. The highest BCUT2D eigenvalue weighted by Gasteiger charge is 2.18. The number of hydrogen-bond acceptors (Lipinski definition) is 5. The van der Waals surface area contributed by atoms with E-state index in [9.17, 15) is 9.90 Å². The molecule has 148 valence electrons. The van der Waals surface area contributed by atoms with Gasteiger partial charge in [-0.25, -0.2) is 15.1 Å². The third-order valence-electron chi connectivity index (χ3n) is 4.19. The molecule has 0 aliphatic rings. The average molecular weight is 462 g/mol. The monoisotopic (exact) mass is 461 g/mol. The molecule has 0 saturated heterocycles. The van der Waals surface area contributed by atoms with Crippen molar-refractivity contribution in [3.63, 3.8) is 0 Å². The number of hydrazone groups is 1. The Morgan fingerprint density at radius 3 is 2.43 bits per heavy atom. The van der Waals surface area contributed by atoms with Crippen molar-refractivity contribution in [2.24, 2.45) is 5.10 Å². The lowest BCUT2D eigenvalue weighted by atomic mass is 10.2. The Labute approximate surface area is 180 Å². The van der Waals surface area contributed by atoms with E-state index in [1.54, 1.807) is 16.8 Å². The largest absolute Gasteiger partial charge is 0.507 e. The molecule has 1 aromatic heterocycles. The Morgan fingerprint density at radius 2 is 1.73 bits per heavy atom. The molecule has 30 heavy (non-hydrogen) atoms. The van der Waals surface area contributed by atoms with Gasteiger partial charge in [-0.05, 0) is 51.8 Å². The van der Waals surface area contributed by atoms with Gasteiger partial charge in [0.15, 0.2) is 5.82 Å². The smallest absolute Gasteiger partial charge is 0.311 e. The van der Waals surface area contributed by atoms with Crippen LogP contribution in [0.25, 0.3) is 17.1 Å². The van der Waals surface area contributed by atoms with Crippen molar-refractivity contribution in [2.45, 2.75) is 0 Å². The van der Waals surface area contributed by atoms with Gasteiger partial charge in [-0.2, -0.15) is 5.10 Å². The van der Waals surface area contributed by atoms with Gasteiger partial charge in [0.05, 0.1) is 16.4 Å². The third kappa shape index (κ3) is 4.28. The number of benzene rings is 3. The number of aromatic hydroxyl groups is 1. The van der Waals surface area contributed by atoms with E-state index in [0.29, 0.717) is 15.9 Å². The fourth-order valence-corrected chi connectivity index (χ4v) is 3.15. The van der Waals surface area contributed by atoms with Crippen LogP contribution in [0.15, 0.2) is 88.4 Å². The van der Waals surface area contributed by atoms with E-state index in [-0.39, 0.29) is 11.6 Å². The van der Waals surface area contributed by atoms with Gasteiger partial charge in [-0.1, -0.05) is 48.5 Å². The summed E-state index contributed by atoms with van der Waals surface area (Å²) in [5, 5.41) is 17.9. The second-order valence-electron chi connectivity index (χ2n) is 6.28. The molecule has 4 aromatic rings. The molecule has 1 heterocycles. The quantitative estimate of drug-likeness (QED) is 0.344. The highest BCUT2D eigenvalue weighted by Crippen LogP contribution is 2.23. The molecule has 0 radical (unpaired) electrons. The normalized spacial score (nSPS) is 11.0. The van der Waals surface area contributed by atoms with E-state index in [4.69, 9.17) is 0 Å². The highest BCUT2D eigenvalue weighted by atomic mass is 79.9. The standard InChI is InChI=1S/C22H16BrN5O2/c23-18-13-15(11-12-19(18)29)14-24-26-22(30)20-25-21(16-7-3-1-4-8-16)28(27-20)17-9-5-2-6-10-17/h1-14,29H,(H,26,30)/b24-14+. The molecule has 1 amide bonds. The maximum Gasteiger partial charge on any atom is 0.311 e. The molecular weight excluding hydrogens is 446 g/mol. The van der Waals surface area contributed by atoms with Gasteiger partial charge in [0, 0.05) is 5.56 Å². The summed E-state index contributed by atoms with van der Waals surface area (Å²) >= 11 is 3.24. The summed E-state index contributed by atoms with van der Waals surface area (Å²) in [5.74, 6) is 0.149. The molecule has 3 aromatic carbocycles. The number of carbonyl (C=O) groups is 1. The van der Waals surface area contributed by atoms with Crippen LogP contribution in [0.2, 0.25) is 0 Å². The molecule has 8 heteroatoms. The van der Waals surface area contributed by atoms with E-state index < -0.39 is 5.91 Å². The van der Waals surface area contributed by atoms with Crippen LogP contribution >= 0.6 is 15.9 Å². The first kappa shape index (κ1) is 19.5. The zero-order valence-corrected chi connectivity index (χ0v) is 17.2. The zero-order valence-electron chi connectivity index (χ0n) is 15.6. The van der Waals surface area contributed by atoms with Crippen LogP contribution in [0.5, 0.6) is 5.75 Å². The summed E-state index contributed by atoms with van der Waals surface area (Å²) in [7, 11) is 0. The topological polar surface area (TPSA) is 92.4 Å². The summed E-state index contributed by atoms with van der Waals surface area (Å²) < 4.78 is 2.17. The van der Waals surface area contributed by atoms with E-state index in [0.717, 1.165) is 11.3 Å². The number of para-hydroxylation sites is 1. The van der Waals surface area contributed by atoms with Crippen molar-refractivity contribution in [1.29, 1.82) is 0 Å². The van der Waals surface area contributed by atoms with Crippen LogP contribution in [0, 0.1) is 0 Å². The maximum absolute atomic E-state index is 12.6. The van der Waals surface area contributed by atoms with Crippen LogP contribution < -0.4 is 5.43 Å². The van der Waals surface area contributed by atoms with Crippen LogP contribution in [-0.2, 0) is 0 Å². The molecule has 0 saturated carbocycles. The molecule has 0 bridgehead atoms. The van der Waals surface area contributed by atoms with Crippen molar-refractivity contribution >= 4 is 28.1 Å². The minimum atomic E-state index is -0.532. The van der Waals surface area contributed by atoms with Crippen molar-refractivity contribution < 1.29 is 9.90 Å². The Morgan fingerprint density at radius 1 is 1.03 bits per heavy atom. The predicted octanol–water partition coefficient (Wildman–Crippen LogP) is 4.17. The van der Waals surface area contributed by atoms with Gasteiger partial charge in [-0.15, -0.1) is 5.10 Å². The second kappa shape index (κ2) is 8.71. The van der Waals surface area contributed by atoms with Gasteiger partial charge in [0.2, 0.25) is 5.82 Å². The van der Waals surface area contributed by atoms with E-state index in [2.05, 4.69) is 36.5 Å². The number of carbonyl (C=O) groups excluding carboxylic acids is 1. The Balaban J connectivity index is 1.60. The SMILES string of the molecule is O=C(N/N=C/c1ccc(O)c(Br)c1)c1nc(-c2ccccc2)n(-c2ccccc2)n1. The number of phenols is 1. The summed E-state index contributed by atoms with van der Waals surface area (Å²) in [6, 6.07) is 23.9. The molecule has 0 atom stereocenters. The van der Waals surface area contributed by atoms with Crippen molar-refractivity contribution in [3.05, 3.63) is 94.7 Å². The molecule has 7 nitrogen and oxygen atoms in total. The number of halogens is 1. The van der Waals surface area contributed by atoms with Crippen LogP contribution in [0.4, 0.5) is 0 Å². The van der Waals surface area contributed by atoms with Gasteiger partial charge < -0.3 is 5.11 Å². The van der Waals surface area contributed by atoms with Crippen molar-refractivity contribution in [1.82, 2.24) is 20.2 Å². The minimum absolute atomic E-state index is 0.00161. The van der Waals surface area contributed by atoms with Gasteiger partial charge >= 0.3 is 5.91 Å². The molecule has 0 spiro atoms. The first-order valence-electron chi connectivity index (χ1n) is 9.01. The Bertz CT molecular complexity index is 1150. The molecule has 0 aliphatic heterocycles. The summed E-state index contributed by atoms with van der Waals surface area (Å²) in [5.41, 5.74) is 4.77. The van der Waals surface area contributed by atoms with Crippen LogP contribution in [0.1, 0.15) is 16.2 Å². The first-order valence-corrected chi connectivity index (χ1v) is 9.81. The fraction of sp³-hybridized carbons (Fsp3) is 0. The number of amides is 1. The molecule has 4 rings (SSSR count). The van der Waals surface area contributed by atoms with Crippen LogP contribution in [0.3, 0.4) is 0 Å². The lowest BCUT2D eigenvalue weighted by Crippen LogP contribution is -2.19. The third-order valence-corrected chi connectivity index (χ3v) is 4.83. The summed E-state index contributed by atoms with van der Waals surface area (Å²) in [4.78, 5) is 17.0. The van der Waals surface area contributed by atoms with E-state index in [1.165, 1.54) is 12.3 Å². The summed E-state index contributed by atoms with van der Waals surface area (Å²) in [6.45, 7) is 0. The second-order valence-corrected chi connectivity index (χ2v) is 7.14. The summed E-state index contributed by atoms with van der Waals surface area (Å²) in [6.07, 6.45) is 1.47. The highest BCUT2D eigenvalue weighted by molar-refractivity contribution is 9.10. The molecule has 0 aliphatic carbocycles. The average Bonchev–Trinajstić information content (AvgIpc) is 3.23. The Kier molecular flexibility index (Phi) is 5.67. The minimum Gasteiger partial charge on any atom is -0.507 e. The lowest BCUT2D eigenvalue weighted by molar-refractivity contribution is 0.0945. The number of rotatable bonds is 5. The molecular formula is C22H16BrN5O2. The first-order chi connectivity index (χ1) is 14.6. The molecule has 0 fully saturated rings. The fourth-order valence-electron chi connectivity index (χ4n) is 2.75. The van der Waals surface area contributed by atoms with Crippen molar-refractivity contribution in [3.8, 4) is 22.8 Å². The number of hydrogen-bond donors (Lipinski definition) is 2. The zero-order chi connectivity index (χ0) is 20.9. The Hall–Kier alpha value is -3.78. The predicted molar refractivity (Wildman–Crippen MR) is 118 cm³/mol. The maximum atomic E-state index is 12.6. The molecule has 0 unspecified atom stereocenters. The lowest BCUT2D eigenvalue weighted by Gasteiger charge is -2.05. The molecule has 2 N–H and O–H groups in total. The van der Waals surface area contributed by atoms with Gasteiger partial charge in [0.1, 0.15) is 5.75 Å². The van der Waals surface area contributed by atoms with Gasteiger partial charge in [-0.3, -0.25) is 4.79 Å². The number of phenolic OH excluding ortho intramolecular Hbond substituents is 1. The van der Waals surface area contributed by atoms with E-state index in [1.807, 2.05) is 60.7 Å². The van der Waals surface area contributed by atoms with Crippen LogP contribution in [-0.4, -0.2) is 32.0 Å².